The van der Waals surface area contributed by atoms with E-state index >= 15 is 0 Å². The van der Waals surface area contributed by atoms with Crippen LogP contribution in [-0.4, -0.2) is 18.6 Å². The molecule has 1 heterocycles. The van der Waals surface area contributed by atoms with Gasteiger partial charge in [-0.3, -0.25) is 4.72 Å². The van der Waals surface area contributed by atoms with Gasteiger partial charge < -0.3 is 0 Å². The van der Waals surface area contributed by atoms with Crippen LogP contribution >= 0.6 is 27.5 Å². The summed E-state index contributed by atoms with van der Waals surface area (Å²) < 4.78 is 24.9. The van der Waals surface area contributed by atoms with E-state index in [0.717, 1.165) is 4.47 Å². The lowest BCUT2D eigenvalue weighted by Crippen LogP contribution is -2.14. The molecule has 0 radical (unpaired) electrons. The molecule has 0 saturated heterocycles. The molecule has 0 aliphatic rings. The lowest BCUT2D eigenvalue weighted by Gasteiger charge is -2.02. The van der Waals surface area contributed by atoms with Gasteiger partial charge in [0.1, 0.15) is 11.0 Å². The van der Waals surface area contributed by atoms with Crippen LogP contribution in [0.15, 0.2) is 22.8 Å². The second-order valence-electron chi connectivity index (χ2n) is 2.19. The molecule has 0 spiro atoms. The van der Waals surface area contributed by atoms with Crippen LogP contribution in [0.2, 0.25) is 0 Å². The van der Waals surface area contributed by atoms with Crippen molar-refractivity contribution in [2.24, 2.45) is 0 Å². The summed E-state index contributed by atoms with van der Waals surface area (Å²) in [5.41, 5.74) is 0. The second-order valence-corrected chi connectivity index (χ2v) is 5.41. The summed E-state index contributed by atoms with van der Waals surface area (Å²) in [5.74, 6) is 0.254. The Morgan fingerprint density at radius 3 is 2.69 bits per heavy atom. The van der Waals surface area contributed by atoms with E-state index in [-0.39, 0.29) is 5.82 Å². The first-order chi connectivity index (χ1) is 6.03. The van der Waals surface area contributed by atoms with E-state index in [1.165, 1.54) is 12.3 Å². The minimum Gasteiger partial charge on any atom is -0.266 e. The summed E-state index contributed by atoms with van der Waals surface area (Å²) in [5, 5.41) is -0.481. The molecule has 1 aromatic rings. The molecule has 13 heavy (non-hydrogen) atoms. The molecule has 0 fully saturated rings. The fraction of sp³-hybridized carbons (Fsp3) is 0.167. The van der Waals surface area contributed by atoms with Crippen molar-refractivity contribution in [3.8, 4) is 0 Å². The molecule has 0 amide bonds. The Bertz CT molecular complexity index is 378. The number of halogens is 2. The number of pyridine rings is 1. The second kappa shape index (κ2) is 4.26. The predicted octanol–water partition coefficient (Wildman–Crippen LogP) is 1.78. The van der Waals surface area contributed by atoms with Crippen molar-refractivity contribution in [2.45, 2.75) is 0 Å². The van der Waals surface area contributed by atoms with Crippen LogP contribution in [0.3, 0.4) is 0 Å². The van der Waals surface area contributed by atoms with Gasteiger partial charge >= 0.3 is 0 Å². The van der Waals surface area contributed by atoms with Crippen molar-refractivity contribution >= 4 is 43.4 Å². The molecular weight excluding hydrogens is 280 g/mol. The Morgan fingerprint density at radius 1 is 1.54 bits per heavy atom. The van der Waals surface area contributed by atoms with Crippen molar-refractivity contribution in [3.63, 3.8) is 0 Å². The number of alkyl halides is 1. The molecule has 0 aliphatic carbocycles. The Kier molecular flexibility index (Phi) is 3.52. The number of nitrogens with one attached hydrogen (secondary N) is 1. The molecular formula is C6H6BrClN2O2S. The topological polar surface area (TPSA) is 59.1 Å². The molecule has 72 valence electrons. The smallest absolute Gasteiger partial charge is 0.247 e. The quantitative estimate of drug-likeness (QED) is 0.861. The third kappa shape index (κ3) is 3.50. The fourth-order valence-electron chi connectivity index (χ4n) is 0.623. The Hall–Kier alpha value is -0.330. The van der Waals surface area contributed by atoms with Gasteiger partial charge in [0.05, 0.1) is 0 Å². The predicted molar refractivity (Wildman–Crippen MR) is 55.2 cm³/mol. The number of rotatable bonds is 3. The van der Waals surface area contributed by atoms with E-state index < -0.39 is 15.2 Å². The molecule has 1 N–H and O–H groups in total. The molecule has 0 atom stereocenters. The highest BCUT2D eigenvalue weighted by Crippen LogP contribution is 2.11. The van der Waals surface area contributed by atoms with E-state index in [4.69, 9.17) is 11.6 Å². The number of hydrogen-bond donors (Lipinski definition) is 1. The molecule has 7 heteroatoms. The summed E-state index contributed by atoms with van der Waals surface area (Å²) in [6, 6.07) is 3.22. The lowest BCUT2D eigenvalue weighted by atomic mass is 10.5. The van der Waals surface area contributed by atoms with Gasteiger partial charge in [0.15, 0.2) is 0 Å². The van der Waals surface area contributed by atoms with Gasteiger partial charge in [0.2, 0.25) is 10.0 Å². The SMILES string of the molecule is O=S(=O)(CCl)Nc1ccc(Br)cn1. The zero-order chi connectivity index (χ0) is 9.90. The summed E-state index contributed by atoms with van der Waals surface area (Å²) >= 11 is 8.36. The van der Waals surface area contributed by atoms with Crippen LogP contribution in [0.1, 0.15) is 0 Å². The minimum atomic E-state index is -3.45. The van der Waals surface area contributed by atoms with Gasteiger partial charge in [-0.2, -0.15) is 0 Å². The van der Waals surface area contributed by atoms with Gasteiger partial charge in [-0.25, -0.2) is 13.4 Å². The number of hydrogen-bond acceptors (Lipinski definition) is 3. The molecule has 0 saturated carbocycles. The summed E-state index contributed by atoms with van der Waals surface area (Å²) in [6.45, 7) is 0. The number of aromatic nitrogens is 1. The van der Waals surface area contributed by atoms with Crippen molar-refractivity contribution in [1.29, 1.82) is 0 Å². The van der Waals surface area contributed by atoms with E-state index in [0.29, 0.717) is 0 Å². The van der Waals surface area contributed by atoms with Gasteiger partial charge in [-0.05, 0) is 28.1 Å². The number of nitrogens with zero attached hydrogens (tertiary/aromatic N) is 1. The van der Waals surface area contributed by atoms with Gasteiger partial charge in [0, 0.05) is 10.7 Å². The first-order valence-corrected chi connectivity index (χ1v) is 6.19. The van der Waals surface area contributed by atoms with Crippen LogP contribution < -0.4 is 4.72 Å². The maximum absolute atomic E-state index is 11.0. The van der Waals surface area contributed by atoms with E-state index in [2.05, 4.69) is 25.6 Å². The highest BCUT2D eigenvalue weighted by Gasteiger charge is 2.07. The Balaban J connectivity index is 2.82. The third-order valence-electron chi connectivity index (χ3n) is 1.13. The minimum absolute atomic E-state index is 0.254. The standard InChI is InChI=1S/C6H6BrClN2O2S/c7-5-1-2-6(9-3-5)10-13(11,12)4-8/h1-3H,4H2,(H,9,10). The summed E-state index contributed by atoms with van der Waals surface area (Å²) in [4.78, 5) is 3.82. The van der Waals surface area contributed by atoms with Crippen molar-refractivity contribution in [3.05, 3.63) is 22.8 Å². The van der Waals surface area contributed by atoms with Crippen molar-refractivity contribution in [1.82, 2.24) is 4.98 Å². The first-order valence-electron chi connectivity index (χ1n) is 3.21. The highest BCUT2D eigenvalue weighted by atomic mass is 79.9. The lowest BCUT2D eigenvalue weighted by molar-refractivity contribution is 0.605. The monoisotopic (exact) mass is 284 g/mol. The summed E-state index contributed by atoms with van der Waals surface area (Å²) in [7, 11) is -3.45. The molecule has 0 bridgehead atoms. The summed E-state index contributed by atoms with van der Waals surface area (Å²) in [6.07, 6.45) is 1.49. The zero-order valence-corrected chi connectivity index (χ0v) is 9.53. The van der Waals surface area contributed by atoms with Crippen LogP contribution in [0.4, 0.5) is 5.82 Å². The van der Waals surface area contributed by atoms with Crippen molar-refractivity contribution in [2.75, 3.05) is 9.93 Å². The Morgan fingerprint density at radius 2 is 2.23 bits per heavy atom. The van der Waals surface area contributed by atoms with Crippen LogP contribution in [0, 0.1) is 0 Å². The molecule has 1 aromatic heterocycles. The van der Waals surface area contributed by atoms with Gasteiger partial charge in [-0.1, -0.05) is 0 Å². The number of anilines is 1. The van der Waals surface area contributed by atoms with Crippen LogP contribution in [-0.2, 0) is 10.0 Å². The van der Waals surface area contributed by atoms with Crippen molar-refractivity contribution < 1.29 is 8.42 Å². The van der Waals surface area contributed by atoms with Gasteiger partial charge in [0.25, 0.3) is 0 Å². The van der Waals surface area contributed by atoms with Crippen LogP contribution in [0.25, 0.3) is 0 Å². The first kappa shape index (κ1) is 10.7. The van der Waals surface area contributed by atoms with E-state index in [9.17, 15) is 8.42 Å². The molecule has 1 rings (SSSR count). The van der Waals surface area contributed by atoms with Gasteiger partial charge in [-0.15, -0.1) is 11.6 Å². The maximum atomic E-state index is 11.0. The Labute approximate surface area is 89.5 Å². The van der Waals surface area contributed by atoms with E-state index in [1.54, 1.807) is 6.07 Å². The molecule has 4 nitrogen and oxygen atoms in total. The normalized spacial score (nSPS) is 11.2. The average molecular weight is 286 g/mol. The molecule has 0 aliphatic heterocycles. The largest absolute Gasteiger partial charge is 0.266 e. The van der Waals surface area contributed by atoms with E-state index in [1.807, 2.05) is 0 Å². The number of sulfonamides is 1. The van der Waals surface area contributed by atoms with Crippen LogP contribution in [0.5, 0.6) is 0 Å². The molecule has 0 aromatic carbocycles. The zero-order valence-electron chi connectivity index (χ0n) is 6.37. The average Bonchev–Trinajstić information content (AvgIpc) is 2.09. The maximum Gasteiger partial charge on any atom is 0.247 e. The third-order valence-corrected chi connectivity index (χ3v) is 3.27. The molecule has 0 unspecified atom stereocenters. The fourth-order valence-corrected chi connectivity index (χ4v) is 1.51. The highest BCUT2D eigenvalue weighted by molar-refractivity contribution is 9.10.